The van der Waals surface area contributed by atoms with Crippen LogP contribution in [0.1, 0.15) is 25.5 Å². The van der Waals surface area contributed by atoms with Crippen molar-refractivity contribution in [1.82, 2.24) is 15.0 Å². The maximum Gasteiger partial charge on any atom is 0.178 e. The zero-order valence-electron chi connectivity index (χ0n) is 12.5. The Labute approximate surface area is 135 Å². The maximum atomic E-state index is 5.97. The lowest BCUT2D eigenvalue weighted by atomic mass is 9.99. The molecule has 0 unspecified atom stereocenters. The summed E-state index contributed by atoms with van der Waals surface area (Å²) in [4.78, 5) is 13.5. The third-order valence-electron chi connectivity index (χ3n) is 3.41. The van der Waals surface area contributed by atoms with E-state index in [9.17, 15) is 0 Å². The highest BCUT2D eigenvalue weighted by Crippen LogP contribution is 2.29. The van der Waals surface area contributed by atoms with E-state index in [4.69, 9.17) is 16.6 Å². The zero-order valence-corrected chi connectivity index (χ0v) is 13.2. The van der Waals surface area contributed by atoms with Crippen molar-refractivity contribution < 1.29 is 0 Å². The average molecular weight is 310 g/mol. The topological polar surface area (TPSA) is 38.7 Å². The molecule has 0 N–H and O–H groups in total. The van der Waals surface area contributed by atoms with Gasteiger partial charge in [0, 0.05) is 23.0 Å². The minimum atomic E-state index is 0.288. The predicted octanol–water partition coefficient (Wildman–Crippen LogP) is 4.98. The second kappa shape index (κ2) is 6.24. The van der Waals surface area contributed by atoms with Gasteiger partial charge in [-0.2, -0.15) is 0 Å². The van der Waals surface area contributed by atoms with Gasteiger partial charge in [-0.05, 0) is 35.7 Å². The highest BCUT2D eigenvalue weighted by molar-refractivity contribution is 6.30. The summed E-state index contributed by atoms with van der Waals surface area (Å²) >= 11 is 5.97. The van der Waals surface area contributed by atoms with Gasteiger partial charge in [-0.1, -0.05) is 43.6 Å². The molecule has 3 aromatic rings. The van der Waals surface area contributed by atoms with E-state index >= 15 is 0 Å². The number of benzene rings is 1. The van der Waals surface area contributed by atoms with E-state index in [2.05, 4.69) is 23.8 Å². The molecule has 0 aliphatic carbocycles. The molecule has 4 heteroatoms. The van der Waals surface area contributed by atoms with Gasteiger partial charge in [-0.15, -0.1) is 0 Å². The molecule has 22 heavy (non-hydrogen) atoms. The van der Waals surface area contributed by atoms with Crippen molar-refractivity contribution in [2.45, 2.75) is 19.8 Å². The van der Waals surface area contributed by atoms with Crippen LogP contribution < -0.4 is 0 Å². The number of pyridine rings is 1. The van der Waals surface area contributed by atoms with Crippen molar-refractivity contribution in [3.05, 3.63) is 65.6 Å². The number of hydrogen-bond donors (Lipinski definition) is 0. The number of halogens is 1. The fourth-order valence-electron chi connectivity index (χ4n) is 2.31. The van der Waals surface area contributed by atoms with E-state index in [1.807, 2.05) is 48.7 Å². The average Bonchev–Trinajstić information content (AvgIpc) is 2.56. The minimum Gasteiger partial charge on any atom is -0.253 e. The van der Waals surface area contributed by atoms with Gasteiger partial charge in [0.15, 0.2) is 5.82 Å². The highest BCUT2D eigenvalue weighted by atomic mass is 35.5. The van der Waals surface area contributed by atoms with Crippen molar-refractivity contribution in [2.75, 3.05) is 0 Å². The van der Waals surface area contributed by atoms with Crippen molar-refractivity contribution in [3.8, 4) is 22.6 Å². The molecule has 1 aromatic carbocycles. The van der Waals surface area contributed by atoms with E-state index < -0.39 is 0 Å². The van der Waals surface area contributed by atoms with Crippen molar-refractivity contribution in [2.24, 2.45) is 0 Å². The summed E-state index contributed by atoms with van der Waals surface area (Å²) in [5, 5.41) is 0.723. The number of hydrogen-bond acceptors (Lipinski definition) is 3. The summed E-state index contributed by atoms with van der Waals surface area (Å²) < 4.78 is 0. The quantitative estimate of drug-likeness (QED) is 0.684. The van der Waals surface area contributed by atoms with Gasteiger partial charge in [0.1, 0.15) is 5.69 Å². The molecule has 3 nitrogen and oxygen atoms in total. The van der Waals surface area contributed by atoms with Crippen LogP contribution >= 0.6 is 11.6 Å². The first-order valence-electron chi connectivity index (χ1n) is 7.19. The van der Waals surface area contributed by atoms with Crippen molar-refractivity contribution in [3.63, 3.8) is 0 Å². The lowest BCUT2D eigenvalue weighted by Crippen LogP contribution is -2.01. The summed E-state index contributed by atoms with van der Waals surface area (Å²) in [6.45, 7) is 4.26. The van der Waals surface area contributed by atoms with Gasteiger partial charge in [0.25, 0.3) is 0 Å². The molecule has 0 bridgehead atoms. The van der Waals surface area contributed by atoms with Crippen molar-refractivity contribution in [1.29, 1.82) is 0 Å². The van der Waals surface area contributed by atoms with Gasteiger partial charge in [0.05, 0.1) is 5.69 Å². The Bertz CT molecular complexity index is 768. The Morgan fingerprint density at radius 2 is 1.73 bits per heavy atom. The van der Waals surface area contributed by atoms with Crippen LogP contribution in [0.15, 0.2) is 54.9 Å². The number of aromatic nitrogens is 3. The Balaban J connectivity index is 2.10. The Kier molecular flexibility index (Phi) is 4.16. The van der Waals surface area contributed by atoms with Crippen LogP contribution in [0.5, 0.6) is 0 Å². The molecular weight excluding hydrogens is 294 g/mol. The molecule has 110 valence electrons. The number of rotatable bonds is 3. The highest BCUT2D eigenvalue weighted by Gasteiger charge is 2.14. The first kappa shape index (κ1) is 14.7. The van der Waals surface area contributed by atoms with Crippen LogP contribution in [-0.4, -0.2) is 15.0 Å². The van der Waals surface area contributed by atoms with E-state index in [1.165, 1.54) is 0 Å². The van der Waals surface area contributed by atoms with Crippen LogP contribution in [0.4, 0.5) is 0 Å². The standard InChI is InChI=1S/C18H16ClN3/c1-12(2)17-15(13-6-8-14(19)9-7-13)11-21-18(22-17)16-5-3-4-10-20-16/h3-12H,1-2H3. The van der Waals surface area contributed by atoms with E-state index in [0.29, 0.717) is 5.82 Å². The summed E-state index contributed by atoms with van der Waals surface area (Å²) in [5.41, 5.74) is 3.90. The van der Waals surface area contributed by atoms with Gasteiger partial charge in [-0.25, -0.2) is 9.97 Å². The lowest BCUT2D eigenvalue weighted by Gasteiger charge is -2.13. The molecule has 0 saturated carbocycles. The van der Waals surface area contributed by atoms with Crippen LogP contribution in [0, 0.1) is 0 Å². The normalized spacial score (nSPS) is 10.9. The largest absolute Gasteiger partial charge is 0.253 e. The summed E-state index contributed by atoms with van der Waals surface area (Å²) in [6, 6.07) is 13.5. The maximum absolute atomic E-state index is 5.97. The molecule has 2 heterocycles. The predicted molar refractivity (Wildman–Crippen MR) is 89.8 cm³/mol. The molecular formula is C18H16ClN3. The molecule has 0 radical (unpaired) electrons. The monoisotopic (exact) mass is 309 g/mol. The Morgan fingerprint density at radius 1 is 0.955 bits per heavy atom. The van der Waals surface area contributed by atoms with Crippen LogP contribution in [0.2, 0.25) is 5.02 Å². The smallest absolute Gasteiger partial charge is 0.178 e. The van der Waals surface area contributed by atoms with Crippen LogP contribution in [0.3, 0.4) is 0 Å². The van der Waals surface area contributed by atoms with Gasteiger partial charge < -0.3 is 0 Å². The fourth-order valence-corrected chi connectivity index (χ4v) is 2.43. The molecule has 0 saturated heterocycles. The van der Waals surface area contributed by atoms with Crippen LogP contribution in [-0.2, 0) is 0 Å². The van der Waals surface area contributed by atoms with Gasteiger partial charge in [0.2, 0.25) is 0 Å². The molecule has 2 aromatic heterocycles. The molecule has 0 fully saturated rings. The van der Waals surface area contributed by atoms with E-state index in [0.717, 1.165) is 27.5 Å². The first-order valence-corrected chi connectivity index (χ1v) is 7.57. The van der Waals surface area contributed by atoms with E-state index in [-0.39, 0.29) is 5.92 Å². The third-order valence-corrected chi connectivity index (χ3v) is 3.67. The van der Waals surface area contributed by atoms with Gasteiger partial charge >= 0.3 is 0 Å². The zero-order chi connectivity index (χ0) is 15.5. The fraction of sp³-hybridized carbons (Fsp3) is 0.167. The van der Waals surface area contributed by atoms with Gasteiger partial charge in [-0.3, -0.25) is 4.98 Å². The summed E-state index contributed by atoms with van der Waals surface area (Å²) in [5.74, 6) is 0.943. The van der Waals surface area contributed by atoms with E-state index in [1.54, 1.807) is 6.20 Å². The molecule has 0 atom stereocenters. The first-order chi connectivity index (χ1) is 10.6. The Hall–Kier alpha value is -2.26. The second-order valence-electron chi connectivity index (χ2n) is 5.37. The SMILES string of the molecule is CC(C)c1nc(-c2ccccn2)ncc1-c1ccc(Cl)cc1. The Morgan fingerprint density at radius 3 is 2.36 bits per heavy atom. The molecule has 0 aliphatic heterocycles. The van der Waals surface area contributed by atoms with Crippen molar-refractivity contribution >= 4 is 11.6 Å². The molecule has 3 rings (SSSR count). The minimum absolute atomic E-state index is 0.288. The lowest BCUT2D eigenvalue weighted by molar-refractivity contribution is 0.819. The van der Waals surface area contributed by atoms with Crippen LogP contribution in [0.25, 0.3) is 22.6 Å². The molecule has 0 amide bonds. The third kappa shape index (κ3) is 3.00. The molecule has 0 spiro atoms. The summed E-state index contributed by atoms with van der Waals surface area (Å²) in [7, 11) is 0. The summed E-state index contributed by atoms with van der Waals surface area (Å²) in [6.07, 6.45) is 3.62. The molecule has 0 aliphatic rings. The second-order valence-corrected chi connectivity index (χ2v) is 5.81. The number of nitrogens with zero attached hydrogens (tertiary/aromatic N) is 3.